The largest absolute Gasteiger partial charge is 0.444 e. The van der Waals surface area contributed by atoms with Crippen molar-refractivity contribution in [2.45, 2.75) is 59.1 Å². The third-order valence-electron chi connectivity index (χ3n) is 3.39. The topological polar surface area (TPSA) is 46.6 Å². The second-order valence-corrected chi connectivity index (χ2v) is 4.65. The van der Waals surface area contributed by atoms with Crippen LogP contribution in [0.15, 0.2) is 0 Å². The average molecular weight is 227 g/mol. The number of carbonyl (C=O) groups excluding carboxylic acids is 2. The van der Waals surface area contributed by atoms with E-state index in [0.29, 0.717) is 12.3 Å². The van der Waals surface area contributed by atoms with E-state index in [1.807, 2.05) is 13.8 Å². The van der Waals surface area contributed by atoms with Crippen molar-refractivity contribution in [2.75, 3.05) is 0 Å². The van der Waals surface area contributed by atoms with Crippen molar-refractivity contribution < 1.29 is 14.3 Å². The first kappa shape index (κ1) is 13.0. The molecular formula is C12H21NO3. The minimum absolute atomic E-state index is 0.109. The van der Waals surface area contributed by atoms with Gasteiger partial charge >= 0.3 is 6.09 Å². The van der Waals surface area contributed by atoms with Gasteiger partial charge in [0.15, 0.2) is 0 Å². The Hall–Kier alpha value is -1.06. The van der Waals surface area contributed by atoms with Crippen LogP contribution in [0.5, 0.6) is 0 Å². The van der Waals surface area contributed by atoms with Crippen molar-refractivity contribution in [1.82, 2.24) is 4.90 Å². The number of hydrogen-bond donors (Lipinski definition) is 0. The first-order chi connectivity index (χ1) is 7.47. The molecule has 4 heteroatoms. The van der Waals surface area contributed by atoms with E-state index < -0.39 is 6.09 Å². The summed E-state index contributed by atoms with van der Waals surface area (Å²) in [5.41, 5.74) is 0. The number of imide groups is 1. The normalized spacial score (nSPS) is 26.8. The van der Waals surface area contributed by atoms with Crippen LogP contribution in [0.25, 0.3) is 0 Å². The summed E-state index contributed by atoms with van der Waals surface area (Å²) in [6, 6.07) is -0.142. The Morgan fingerprint density at radius 1 is 1.50 bits per heavy atom. The first-order valence-corrected chi connectivity index (χ1v) is 6.00. The highest BCUT2D eigenvalue weighted by atomic mass is 16.6. The van der Waals surface area contributed by atoms with E-state index in [1.54, 1.807) is 0 Å². The fourth-order valence-corrected chi connectivity index (χ4v) is 1.71. The molecule has 16 heavy (non-hydrogen) atoms. The van der Waals surface area contributed by atoms with Gasteiger partial charge in [-0.25, -0.2) is 9.69 Å². The zero-order valence-electron chi connectivity index (χ0n) is 10.5. The summed E-state index contributed by atoms with van der Waals surface area (Å²) in [4.78, 5) is 24.5. The molecule has 1 rings (SSSR count). The lowest BCUT2D eigenvalue weighted by Gasteiger charge is -2.18. The lowest BCUT2D eigenvalue weighted by atomic mass is 10.0. The molecule has 2 amide bonds. The number of carbonyl (C=O) groups is 2. The number of nitrogens with zero attached hydrogens (tertiary/aromatic N) is 1. The molecule has 0 aliphatic carbocycles. The maximum atomic E-state index is 11.9. The van der Waals surface area contributed by atoms with Gasteiger partial charge in [-0.1, -0.05) is 20.3 Å². The Kier molecular flexibility index (Phi) is 4.33. The number of rotatable bonds is 4. The second kappa shape index (κ2) is 5.32. The summed E-state index contributed by atoms with van der Waals surface area (Å²) < 4.78 is 5.01. The summed E-state index contributed by atoms with van der Waals surface area (Å²) >= 11 is 0. The molecule has 92 valence electrons. The molecule has 1 saturated heterocycles. The van der Waals surface area contributed by atoms with Gasteiger partial charge < -0.3 is 4.74 Å². The van der Waals surface area contributed by atoms with E-state index in [9.17, 15) is 9.59 Å². The van der Waals surface area contributed by atoms with Gasteiger partial charge in [0.25, 0.3) is 0 Å². The molecule has 1 aliphatic heterocycles. The summed E-state index contributed by atoms with van der Waals surface area (Å²) in [5, 5.41) is 0. The Bertz CT molecular complexity index is 277. The van der Waals surface area contributed by atoms with Gasteiger partial charge in [-0.15, -0.1) is 0 Å². The third kappa shape index (κ3) is 2.74. The van der Waals surface area contributed by atoms with Crippen LogP contribution in [0.3, 0.4) is 0 Å². The van der Waals surface area contributed by atoms with Crippen molar-refractivity contribution >= 4 is 12.0 Å². The van der Waals surface area contributed by atoms with Crippen molar-refractivity contribution in [2.24, 2.45) is 5.92 Å². The van der Waals surface area contributed by atoms with Crippen LogP contribution in [-0.2, 0) is 9.53 Å². The van der Waals surface area contributed by atoms with Crippen LogP contribution < -0.4 is 0 Å². The Balaban J connectivity index is 2.51. The smallest absolute Gasteiger partial charge is 0.417 e. The maximum absolute atomic E-state index is 11.9. The number of amides is 2. The van der Waals surface area contributed by atoms with Crippen LogP contribution >= 0.6 is 0 Å². The first-order valence-electron chi connectivity index (χ1n) is 6.00. The van der Waals surface area contributed by atoms with Crippen LogP contribution in [-0.4, -0.2) is 29.0 Å². The van der Waals surface area contributed by atoms with Gasteiger partial charge in [0.05, 0.1) is 6.04 Å². The molecule has 0 N–H and O–H groups in total. The summed E-state index contributed by atoms with van der Waals surface area (Å²) in [6.07, 6.45) is 1.64. The van der Waals surface area contributed by atoms with Gasteiger partial charge in [-0.05, 0) is 26.2 Å². The fourth-order valence-electron chi connectivity index (χ4n) is 1.71. The Morgan fingerprint density at radius 3 is 2.56 bits per heavy atom. The molecule has 0 aromatic rings. The molecule has 1 heterocycles. The summed E-state index contributed by atoms with van der Waals surface area (Å²) in [7, 11) is 0. The van der Waals surface area contributed by atoms with Crippen molar-refractivity contribution in [1.29, 1.82) is 0 Å². The zero-order valence-corrected chi connectivity index (χ0v) is 10.5. The standard InChI is InChI=1S/C12H21NO3/c1-5-8(2)6-7-11(14)13-9(3)10(4)16-12(13)15/h8-10H,5-7H2,1-4H3/t8-,9-,10+/m1/s1. The molecule has 0 aromatic carbocycles. The van der Waals surface area contributed by atoms with Crippen LogP contribution in [0.4, 0.5) is 4.79 Å². The Labute approximate surface area is 96.9 Å². The molecule has 1 aliphatic rings. The minimum atomic E-state index is -0.492. The van der Waals surface area contributed by atoms with Gasteiger partial charge in [0.2, 0.25) is 5.91 Å². The van der Waals surface area contributed by atoms with Gasteiger partial charge in [-0.2, -0.15) is 0 Å². The molecule has 0 saturated carbocycles. The highest BCUT2D eigenvalue weighted by molar-refractivity contribution is 5.93. The molecule has 1 fully saturated rings. The predicted molar refractivity (Wildman–Crippen MR) is 60.9 cm³/mol. The third-order valence-corrected chi connectivity index (χ3v) is 3.39. The molecule has 0 radical (unpaired) electrons. The number of cyclic esters (lactones) is 1. The van der Waals surface area contributed by atoms with E-state index in [4.69, 9.17) is 4.74 Å². The van der Waals surface area contributed by atoms with E-state index in [1.165, 1.54) is 4.90 Å². The van der Waals surface area contributed by atoms with Crippen molar-refractivity contribution in [3.05, 3.63) is 0 Å². The minimum Gasteiger partial charge on any atom is -0.444 e. The van der Waals surface area contributed by atoms with Crippen molar-refractivity contribution in [3.63, 3.8) is 0 Å². The Morgan fingerprint density at radius 2 is 2.12 bits per heavy atom. The van der Waals surface area contributed by atoms with Gasteiger partial charge in [0.1, 0.15) is 6.10 Å². The quantitative estimate of drug-likeness (QED) is 0.741. The predicted octanol–water partition coefficient (Wildman–Crippen LogP) is 2.57. The fraction of sp³-hybridized carbons (Fsp3) is 0.833. The molecular weight excluding hydrogens is 206 g/mol. The van der Waals surface area contributed by atoms with Crippen LogP contribution in [0.1, 0.15) is 47.0 Å². The van der Waals surface area contributed by atoms with Gasteiger partial charge in [0, 0.05) is 6.42 Å². The van der Waals surface area contributed by atoms with E-state index in [0.717, 1.165) is 12.8 Å². The molecule has 0 aromatic heterocycles. The highest BCUT2D eigenvalue weighted by Crippen LogP contribution is 2.21. The monoisotopic (exact) mass is 227 g/mol. The highest BCUT2D eigenvalue weighted by Gasteiger charge is 2.39. The summed E-state index contributed by atoms with van der Waals surface area (Å²) in [6.45, 7) is 7.87. The zero-order chi connectivity index (χ0) is 12.3. The number of hydrogen-bond acceptors (Lipinski definition) is 3. The SMILES string of the molecule is CC[C@@H](C)CCC(=O)N1C(=O)O[C@@H](C)[C@H]1C. The lowest BCUT2D eigenvalue weighted by molar-refractivity contribution is -0.129. The van der Waals surface area contributed by atoms with Crippen LogP contribution in [0, 0.1) is 5.92 Å². The average Bonchev–Trinajstić information content (AvgIpc) is 2.49. The molecule has 4 nitrogen and oxygen atoms in total. The lowest BCUT2D eigenvalue weighted by Crippen LogP contribution is -2.38. The number of ether oxygens (including phenoxy) is 1. The van der Waals surface area contributed by atoms with Crippen LogP contribution in [0.2, 0.25) is 0 Å². The summed E-state index contributed by atoms with van der Waals surface area (Å²) in [5.74, 6) is 0.414. The van der Waals surface area contributed by atoms with E-state index in [-0.39, 0.29) is 18.1 Å². The molecule has 0 spiro atoms. The second-order valence-electron chi connectivity index (χ2n) is 4.65. The van der Waals surface area contributed by atoms with Gasteiger partial charge in [-0.3, -0.25) is 4.79 Å². The maximum Gasteiger partial charge on any atom is 0.417 e. The van der Waals surface area contributed by atoms with E-state index in [2.05, 4.69) is 13.8 Å². The molecule has 0 bridgehead atoms. The van der Waals surface area contributed by atoms with Crippen molar-refractivity contribution in [3.8, 4) is 0 Å². The molecule has 0 unspecified atom stereocenters. The molecule has 3 atom stereocenters. The van der Waals surface area contributed by atoms with E-state index >= 15 is 0 Å².